The van der Waals surface area contributed by atoms with E-state index in [1.54, 1.807) is 14.2 Å². The molecule has 0 aliphatic rings. The number of hydrogen-bond acceptors (Lipinski definition) is 5. The second kappa shape index (κ2) is 8.68. The van der Waals surface area contributed by atoms with Gasteiger partial charge in [0.15, 0.2) is 5.13 Å². The average molecular weight is 382 g/mol. The van der Waals surface area contributed by atoms with Gasteiger partial charge in [-0.2, -0.15) is 0 Å². The molecule has 0 saturated heterocycles. The molecule has 0 atom stereocenters. The van der Waals surface area contributed by atoms with Gasteiger partial charge in [-0.15, -0.1) is 0 Å². The molecule has 0 aliphatic carbocycles. The fourth-order valence-electron chi connectivity index (χ4n) is 2.81. The Morgan fingerprint density at radius 1 is 1.11 bits per heavy atom. The third-order valence-electron chi connectivity index (χ3n) is 4.19. The van der Waals surface area contributed by atoms with Gasteiger partial charge in [-0.3, -0.25) is 4.79 Å². The van der Waals surface area contributed by atoms with Crippen molar-refractivity contribution in [3.05, 3.63) is 59.8 Å². The van der Waals surface area contributed by atoms with E-state index in [0.717, 1.165) is 33.2 Å². The number of thiazole rings is 1. The molecule has 1 N–H and O–H groups in total. The highest BCUT2D eigenvalue weighted by molar-refractivity contribution is 7.19. The number of rotatable bonds is 7. The van der Waals surface area contributed by atoms with Crippen molar-refractivity contribution in [2.75, 3.05) is 19.5 Å². The monoisotopic (exact) mass is 382 g/mol. The van der Waals surface area contributed by atoms with Crippen LogP contribution >= 0.6 is 11.3 Å². The first-order valence-electron chi connectivity index (χ1n) is 8.64. The summed E-state index contributed by atoms with van der Waals surface area (Å²) < 4.78 is 10.6. The fraction of sp³-hybridized carbons (Fsp3) is 0.238. The van der Waals surface area contributed by atoms with Crippen molar-refractivity contribution in [3.63, 3.8) is 0 Å². The Labute approximate surface area is 163 Å². The van der Waals surface area contributed by atoms with Crippen molar-refractivity contribution in [1.29, 1.82) is 0 Å². The van der Waals surface area contributed by atoms with E-state index in [-0.39, 0.29) is 5.91 Å². The second-order valence-corrected chi connectivity index (χ2v) is 7.02. The molecule has 2 aromatic carbocycles. The van der Waals surface area contributed by atoms with Crippen LogP contribution in [-0.4, -0.2) is 25.1 Å². The van der Waals surface area contributed by atoms with Gasteiger partial charge in [-0.25, -0.2) is 4.98 Å². The molecule has 0 unspecified atom stereocenters. The number of carbonyl (C=O) groups excluding carboxylic acids is 1. The van der Waals surface area contributed by atoms with Gasteiger partial charge >= 0.3 is 0 Å². The summed E-state index contributed by atoms with van der Waals surface area (Å²) in [5, 5.41) is 3.53. The molecular formula is C21H22N2O3S. The first-order valence-corrected chi connectivity index (χ1v) is 9.46. The van der Waals surface area contributed by atoms with Crippen molar-refractivity contribution in [2.45, 2.75) is 19.8 Å². The summed E-state index contributed by atoms with van der Waals surface area (Å²) in [6.45, 7) is 1.95. The highest BCUT2D eigenvalue weighted by Gasteiger charge is 2.13. The van der Waals surface area contributed by atoms with Crippen LogP contribution < -0.4 is 14.8 Å². The minimum atomic E-state index is -0.0757. The molecule has 27 heavy (non-hydrogen) atoms. The molecule has 0 saturated carbocycles. The predicted molar refractivity (Wildman–Crippen MR) is 109 cm³/mol. The van der Waals surface area contributed by atoms with Crippen LogP contribution in [0.2, 0.25) is 0 Å². The van der Waals surface area contributed by atoms with E-state index >= 15 is 0 Å². The summed E-state index contributed by atoms with van der Waals surface area (Å²) in [5.74, 6) is 1.42. The normalized spacial score (nSPS) is 10.5. The van der Waals surface area contributed by atoms with Crippen LogP contribution in [0.15, 0.2) is 48.5 Å². The molecule has 0 fully saturated rings. The zero-order valence-electron chi connectivity index (χ0n) is 15.6. The van der Waals surface area contributed by atoms with Crippen LogP contribution in [0.1, 0.15) is 17.7 Å². The largest absolute Gasteiger partial charge is 0.497 e. The highest BCUT2D eigenvalue weighted by atomic mass is 32.1. The van der Waals surface area contributed by atoms with E-state index in [1.165, 1.54) is 11.3 Å². The van der Waals surface area contributed by atoms with Crippen LogP contribution in [0.25, 0.3) is 10.4 Å². The van der Waals surface area contributed by atoms with Crippen molar-refractivity contribution in [2.24, 2.45) is 0 Å². The van der Waals surface area contributed by atoms with Crippen LogP contribution in [0.4, 0.5) is 5.13 Å². The summed E-state index contributed by atoms with van der Waals surface area (Å²) in [5.41, 5.74) is 2.96. The number of ether oxygens (including phenoxy) is 2. The fourth-order valence-corrected chi connectivity index (χ4v) is 3.80. The molecule has 0 aliphatic heterocycles. The van der Waals surface area contributed by atoms with Crippen molar-refractivity contribution in [3.8, 4) is 21.9 Å². The summed E-state index contributed by atoms with van der Waals surface area (Å²) in [7, 11) is 3.24. The number of methoxy groups -OCH3 is 2. The lowest BCUT2D eigenvalue weighted by Gasteiger charge is -2.10. The topological polar surface area (TPSA) is 60.5 Å². The van der Waals surface area contributed by atoms with Gasteiger partial charge < -0.3 is 14.8 Å². The number of anilines is 1. The Morgan fingerprint density at radius 2 is 1.89 bits per heavy atom. The molecule has 5 nitrogen and oxygen atoms in total. The second-order valence-electron chi connectivity index (χ2n) is 6.03. The molecule has 0 spiro atoms. The van der Waals surface area contributed by atoms with Gasteiger partial charge in [0.1, 0.15) is 11.5 Å². The summed E-state index contributed by atoms with van der Waals surface area (Å²) in [6, 6.07) is 15.6. The van der Waals surface area contributed by atoms with Crippen molar-refractivity contribution in [1.82, 2.24) is 4.98 Å². The van der Waals surface area contributed by atoms with Gasteiger partial charge in [0.25, 0.3) is 0 Å². The molecule has 1 heterocycles. The first-order chi connectivity index (χ1) is 13.1. The van der Waals surface area contributed by atoms with Crippen molar-refractivity contribution < 1.29 is 14.3 Å². The minimum absolute atomic E-state index is 0.0757. The molecule has 0 radical (unpaired) electrons. The van der Waals surface area contributed by atoms with E-state index in [0.29, 0.717) is 18.0 Å². The smallest absolute Gasteiger partial charge is 0.226 e. The molecule has 3 rings (SSSR count). The molecule has 1 aromatic heterocycles. The molecule has 1 amide bonds. The van der Waals surface area contributed by atoms with Crippen LogP contribution in [0.5, 0.6) is 11.5 Å². The molecule has 6 heteroatoms. The number of benzene rings is 2. The summed E-state index contributed by atoms with van der Waals surface area (Å²) in [6.07, 6.45) is 0.894. The van der Waals surface area contributed by atoms with Gasteiger partial charge in [0, 0.05) is 6.42 Å². The van der Waals surface area contributed by atoms with Crippen LogP contribution in [0.3, 0.4) is 0 Å². The minimum Gasteiger partial charge on any atom is -0.497 e. The first kappa shape index (κ1) is 18.9. The Bertz CT molecular complexity index is 922. The molecular weight excluding hydrogens is 360 g/mol. The van der Waals surface area contributed by atoms with E-state index in [2.05, 4.69) is 10.3 Å². The predicted octanol–water partition coefficient (Wildman–Crippen LogP) is 4.71. The van der Waals surface area contributed by atoms with Gasteiger partial charge in [0.05, 0.1) is 24.8 Å². The van der Waals surface area contributed by atoms with Gasteiger partial charge in [-0.1, -0.05) is 41.7 Å². The Morgan fingerprint density at radius 3 is 2.59 bits per heavy atom. The zero-order valence-corrected chi connectivity index (χ0v) is 16.4. The van der Waals surface area contributed by atoms with E-state index in [1.807, 2.05) is 55.5 Å². The number of nitrogens with zero attached hydrogens (tertiary/aromatic N) is 1. The number of amides is 1. The highest BCUT2D eigenvalue weighted by Crippen LogP contribution is 2.32. The summed E-state index contributed by atoms with van der Waals surface area (Å²) >= 11 is 1.49. The third-order valence-corrected chi connectivity index (χ3v) is 5.31. The third kappa shape index (κ3) is 4.65. The zero-order chi connectivity index (χ0) is 19.2. The Balaban J connectivity index is 1.65. The maximum absolute atomic E-state index is 12.4. The van der Waals surface area contributed by atoms with E-state index in [9.17, 15) is 4.79 Å². The molecule has 0 bridgehead atoms. The Hall–Kier alpha value is -2.86. The Kier molecular flexibility index (Phi) is 6.08. The standard InChI is InChI=1S/C21H22N2O3S/c1-14-20(15-7-5-4-6-8-15)27-21(22-14)23-19(24)12-9-16-13-17(25-2)10-11-18(16)26-3/h4-8,10-11,13H,9,12H2,1-3H3,(H,22,23,24). The lowest BCUT2D eigenvalue weighted by atomic mass is 10.1. The number of hydrogen-bond donors (Lipinski definition) is 1. The van der Waals surface area contributed by atoms with E-state index < -0.39 is 0 Å². The number of aryl methyl sites for hydroxylation is 2. The van der Waals surface area contributed by atoms with Gasteiger partial charge in [-0.05, 0) is 42.7 Å². The molecule has 140 valence electrons. The van der Waals surface area contributed by atoms with Gasteiger partial charge in [0.2, 0.25) is 5.91 Å². The van der Waals surface area contributed by atoms with Crippen LogP contribution in [0, 0.1) is 6.92 Å². The van der Waals surface area contributed by atoms with Crippen molar-refractivity contribution >= 4 is 22.4 Å². The lowest BCUT2D eigenvalue weighted by molar-refractivity contribution is -0.116. The maximum Gasteiger partial charge on any atom is 0.226 e. The SMILES string of the molecule is COc1ccc(OC)c(CCC(=O)Nc2nc(C)c(-c3ccccc3)s2)c1. The summed E-state index contributed by atoms with van der Waals surface area (Å²) in [4.78, 5) is 17.9. The van der Waals surface area contributed by atoms with E-state index in [4.69, 9.17) is 9.47 Å². The average Bonchev–Trinajstić information content (AvgIpc) is 3.06. The molecule has 3 aromatic rings. The lowest BCUT2D eigenvalue weighted by Crippen LogP contribution is -2.12. The number of aromatic nitrogens is 1. The number of carbonyl (C=O) groups is 1. The number of nitrogens with one attached hydrogen (secondary N) is 1. The quantitative estimate of drug-likeness (QED) is 0.643. The maximum atomic E-state index is 12.4. The van der Waals surface area contributed by atoms with Crippen LogP contribution in [-0.2, 0) is 11.2 Å².